The number of carboxylic acid groups (broad SMARTS) is 1. The predicted octanol–water partition coefficient (Wildman–Crippen LogP) is 3.56. The fourth-order valence-electron chi connectivity index (χ4n) is 1.76. The van der Waals surface area contributed by atoms with Gasteiger partial charge in [0.1, 0.15) is 0 Å². The molecule has 0 aliphatic heterocycles. The van der Waals surface area contributed by atoms with E-state index in [4.69, 9.17) is 5.11 Å². The van der Waals surface area contributed by atoms with Gasteiger partial charge in [-0.25, -0.2) is 4.79 Å². The third kappa shape index (κ3) is 5.07. The minimum Gasteiger partial charge on any atom is -0.481 e. The number of carbonyl (C=O) groups excluding carboxylic acids is 1. The molecule has 0 aliphatic carbocycles. The van der Waals surface area contributed by atoms with Crippen LogP contribution in [0.1, 0.15) is 5.56 Å². The van der Waals surface area contributed by atoms with Gasteiger partial charge in [-0.15, -0.1) is 0 Å². The Morgan fingerprint density at radius 2 is 1.67 bits per heavy atom. The van der Waals surface area contributed by atoms with Gasteiger partial charge in [-0.3, -0.25) is 4.79 Å². The van der Waals surface area contributed by atoms with Gasteiger partial charge in [0.25, 0.3) is 0 Å². The van der Waals surface area contributed by atoms with Gasteiger partial charge >= 0.3 is 12.0 Å². The highest BCUT2D eigenvalue weighted by Gasteiger charge is 2.05. The van der Waals surface area contributed by atoms with Crippen LogP contribution < -0.4 is 10.6 Å². The molecule has 0 fully saturated rings. The third-order valence-corrected chi connectivity index (χ3v) is 3.36. The van der Waals surface area contributed by atoms with E-state index in [9.17, 15) is 9.59 Å². The second kappa shape index (κ2) is 7.07. The summed E-state index contributed by atoms with van der Waals surface area (Å²) in [5.41, 5.74) is 1.88. The largest absolute Gasteiger partial charge is 0.481 e. The third-order valence-electron chi connectivity index (χ3n) is 2.64. The van der Waals surface area contributed by atoms with E-state index in [0.717, 1.165) is 3.57 Å². The van der Waals surface area contributed by atoms with Gasteiger partial charge < -0.3 is 15.7 Å². The fourth-order valence-corrected chi connectivity index (χ4v) is 2.12. The maximum atomic E-state index is 11.9. The van der Waals surface area contributed by atoms with Crippen molar-refractivity contribution < 1.29 is 14.7 Å². The Labute approximate surface area is 135 Å². The number of hydrogen-bond acceptors (Lipinski definition) is 2. The molecule has 21 heavy (non-hydrogen) atoms. The summed E-state index contributed by atoms with van der Waals surface area (Å²) in [6.07, 6.45) is -0.0751. The van der Waals surface area contributed by atoms with E-state index < -0.39 is 5.97 Å². The first-order chi connectivity index (χ1) is 10.0. The molecule has 0 spiro atoms. The first-order valence-corrected chi connectivity index (χ1v) is 7.25. The van der Waals surface area contributed by atoms with Crippen molar-refractivity contribution in [2.45, 2.75) is 6.42 Å². The second-order valence-corrected chi connectivity index (χ2v) is 5.60. The highest BCUT2D eigenvalue weighted by Crippen LogP contribution is 2.14. The van der Waals surface area contributed by atoms with Crippen molar-refractivity contribution in [3.8, 4) is 0 Å². The van der Waals surface area contributed by atoms with Crippen molar-refractivity contribution in [3.63, 3.8) is 0 Å². The number of aliphatic carboxylic acids is 1. The summed E-state index contributed by atoms with van der Waals surface area (Å²) in [7, 11) is 0. The van der Waals surface area contributed by atoms with Crippen LogP contribution in [0.2, 0.25) is 0 Å². The maximum Gasteiger partial charge on any atom is 0.323 e. The van der Waals surface area contributed by atoms with Crippen molar-refractivity contribution in [1.82, 2.24) is 0 Å². The van der Waals surface area contributed by atoms with E-state index in [1.807, 2.05) is 24.3 Å². The number of amides is 2. The molecule has 0 aliphatic rings. The van der Waals surface area contributed by atoms with E-state index >= 15 is 0 Å². The monoisotopic (exact) mass is 396 g/mol. The molecule has 0 radical (unpaired) electrons. The molecule has 2 rings (SSSR count). The van der Waals surface area contributed by atoms with Crippen LogP contribution in [0.25, 0.3) is 0 Å². The molecular formula is C15H13IN2O3. The maximum absolute atomic E-state index is 11.9. The van der Waals surface area contributed by atoms with E-state index in [1.54, 1.807) is 24.3 Å². The summed E-state index contributed by atoms with van der Waals surface area (Å²) < 4.78 is 1.08. The lowest BCUT2D eigenvalue weighted by molar-refractivity contribution is -0.136. The molecule has 2 amide bonds. The predicted molar refractivity (Wildman–Crippen MR) is 89.6 cm³/mol. The number of nitrogens with one attached hydrogen (secondary N) is 2. The van der Waals surface area contributed by atoms with Crippen molar-refractivity contribution in [2.75, 3.05) is 10.6 Å². The first kappa shape index (κ1) is 15.3. The normalized spacial score (nSPS) is 9.95. The zero-order chi connectivity index (χ0) is 15.2. The van der Waals surface area contributed by atoms with Crippen LogP contribution in [-0.4, -0.2) is 17.1 Å². The number of anilines is 2. The van der Waals surface area contributed by atoms with E-state index in [2.05, 4.69) is 33.2 Å². The van der Waals surface area contributed by atoms with Crippen LogP contribution >= 0.6 is 22.6 Å². The lowest BCUT2D eigenvalue weighted by atomic mass is 10.1. The Balaban J connectivity index is 1.99. The standard InChI is InChI=1S/C15H13IN2O3/c16-11-4-6-12(7-5-11)17-15(21)18-13-3-1-2-10(8-13)9-14(19)20/h1-8H,9H2,(H,19,20)(H2,17,18,21). The minimum atomic E-state index is -0.907. The molecule has 108 valence electrons. The van der Waals surface area contributed by atoms with Gasteiger partial charge in [-0.1, -0.05) is 12.1 Å². The Morgan fingerprint density at radius 1 is 1.00 bits per heavy atom. The zero-order valence-corrected chi connectivity index (χ0v) is 13.1. The van der Waals surface area contributed by atoms with Crippen LogP contribution in [0.5, 0.6) is 0 Å². The number of hydrogen-bond donors (Lipinski definition) is 3. The second-order valence-electron chi connectivity index (χ2n) is 4.36. The molecule has 0 saturated heterocycles. The summed E-state index contributed by atoms with van der Waals surface area (Å²) >= 11 is 2.19. The number of benzene rings is 2. The first-order valence-electron chi connectivity index (χ1n) is 6.17. The summed E-state index contributed by atoms with van der Waals surface area (Å²) in [6, 6.07) is 13.8. The quantitative estimate of drug-likeness (QED) is 0.692. The molecule has 2 aromatic carbocycles. The Hall–Kier alpha value is -2.09. The lowest BCUT2D eigenvalue weighted by Crippen LogP contribution is -2.19. The summed E-state index contributed by atoms with van der Waals surface area (Å²) in [5, 5.41) is 14.1. The molecule has 2 aromatic rings. The Morgan fingerprint density at radius 3 is 2.33 bits per heavy atom. The Bertz CT molecular complexity index is 656. The topological polar surface area (TPSA) is 78.4 Å². The van der Waals surface area contributed by atoms with Gasteiger partial charge in [0.15, 0.2) is 0 Å². The van der Waals surface area contributed by atoms with Gasteiger partial charge in [0.2, 0.25) is 0 Å². The highest BCUT2D eigenvalue weighted by atomic mass is 127. The molecule has 3 N–H and O–H groups in total. The smallest absolute Gasteiger partial charge is 0.323 e. The number of carbonyl (C=O) groups is 2. The summed E-state index contributed by atoms with van der Waals surface area (Å²) in [6.45, 7) is 0. The van der Waals surface area contributed by atoms with Crippen molar-refractivity contribution in [3.05, 3.63) is 57.7 Å². The van der Waals surface area contributed by atoms with Crippen LogP contribution in [0.3, 0.4) is 0 Å². The molecule has 5 nitrogen and oxygen atoms in total. The molecule has 6 heteroatoms. The van der Waals surface area contributed by atoms with Gasteiger partial charge in [0.05, 0.1) is 6.42 Å². The van der Waals surface area contributed by atoms with Gasteiger partial charge in [-0.2, -0.15) is 0 Å². The van der Waals surface area contributed by atoms with E-state index in [0.29, 0.717) is 16.9 Å². The van der Waals surface area contributed by atoms with Crippen molar-refractivity contribution in [2.24, 2.45) is 0 Å². The van der Waals surface area contributed by atoms with E-state index in [1.165, 1.54) is 0 Å². The minimum absolute atomic E-state index is 0.0751. The lowest BCUT2D eigenvalue weighted by Gasteiger charge is -2.08. The van der Waals surface area contributed by atoms with Crippen LogP contribution in [0.4, 0.5) is 16.2 Å². The van der Waals surface area contributed by atoms with Crippen LogP contribution in [-0.2, 0) is 11.2 Å². The molecular weight excluding hydrogens is 383 g/mol. The number of rotatable bonds is 4. The molecule has 0 heterocycles. The van der Waals surface area contributed by atoms with Crippen LogP contribution in [0.15, 0.2) is 48.5 Å². The van der Waals surface area contributed by atoms with Gasteiger partial charge in [-0.05, 0) is 64.6 Å². The van der Waals surface area contributed by atoms with E-state index in [-0.39, 0.29) is 12.5 Å². The fraction of sp³-hybridized carbons (Fsp3) is 0.0667. The number of halogens is 1. The molecule has 0 saturated carbocycles. The highest BCUT2D eigenvalue weighted by molar-refractivity contribution is 14.1. The zero-order valence-electron chi connectivity index (χ0n) is 11.0. The average Bonchev–Trinajstić information content (AvgIpc) is 2.41. The molecule has 0 atom stereocenters. The Kier molecular flexibility index (Phi) is 5.15. The SMILES string of the molecule is O=C(O)Cc1cccc(NC(=O)Nc2ccc(I)cc2)c1. The van der Waals surface area contributed by atoms with Gasteiger partial charge in [0, 0.05) is 14.9 Å². The van der Waals surface area contributed by atoms with Crippen molar-refractivity contribution in [1.29, 1.82) is 0 Å². The summed E-state index contributed by atoms with van der Waals surface area (Å²) in [4.78, 5) is 22.5. The average molecular weight is 396 g/mol. The number of urea groups is 1. The number of carboxylic acids is 1. The van der Waals surface area contributed by atoms with Crippen molar-refractivity contribution >= 4 is 46.0 Å². The molecule has 0 aromatic heterocycles. The summed E-state index contributed by atoms with van der Waals surface area (Å²) in [5.74, 6) is -0.907. The molecule has 0 bridgehead atoms. The van der Waals surface area contributed by atoms with Crippen LogP contribution in [0, 0.1) is 3.57 Å². The molecule has 0 unspecified atom stereocenters.